The number of hydrogen-bond acceptors (Lipinski definition) is 5. The average Bonchev–Trinajstić information content (AvgIpc) is 2.59. The van der Waals surface area contributed by atoms with Gasteiger partial charge >= 0.3 is 0 Å². The molecular formula is C10H11FN2O3. The number of carbonyl (C=O) groups is 1. The molecule has 2 heterocycles. The number of aliphatic hydroxyl groups excluding tert-OH is 1. The fourth-order valence-corrected chi connectivity index (χ4v) is 1.66. The van der Waals surface area contributed by atoms with E-state index in [4.69, 9.17) is 15.6 Å². The maximum absolute atomic E-state index is 13.4. The van der Waals surface area contributed by atoms with E-state index >= 15 is 0 Å². The molecular weight excluding hydrogens is 215 g/mol. The summed E-state index contributed by atoms with van der Waals surface area (Å²) in [4.78, 5) is 14.8. The second kappa shape index (κ2) is 4.15. The van der Waals surface area contributed by atoms with Crippen LogP contribution in [0.25, 0.3) is 0 Å². The Labute approximate surface area is 91.0 Å². The molecule has 0 aliphatic carbocycles. The predicted molar refractivity (Wildman–Crippen MR) is 52.9 cm³/mol. The molecule has 1 saturated heterocycles. The van der Waals surface area contributed by atoms with Crippen LogP contribution in [-0.2, 0) is 9.53 Å². The van der Waals surface area contributed by atoms with E-state index in [0.717, 1.165) is 0 Å². The smallest absolute Gasteiger partial charge is 0.220 e. The molecule has 2 atom stereocenters. The van der Waals surface area contributed by atoms with Gasteiger partial charge in [0.15, 0.2) is 5.78 Å². The van der Waals surface area contributed by atoms with Gasteiger partial charge in [-0.1, -0.05) is 0 Å². The highest BCUT2D eigenvalue weighted by Crippen LogP contribution is 2.31. The van der Waals surface area contributed by atoms with Crippen molar-refractivity contribution < 1.29 is 19.0 Å². The number of hydrogen-bond donors (Lipinski definition) is 2. The van der Waals surface area contributed by atoms with Gasteiger partial charge < -0.3 is 15.6 Å². The number of pyridine rings is 1. The Morgan fingerprint density at radius 3 is 2.94 bits per heavy atom. The highest BCUT2D eigenvalue weighted by molar-refractivity contribution is 5.85. The number of ketones is 1. The van der Waals surface area contributed by atoms with Gasteiger partial charge in [0, 0.05) is 12.0 Å². The van der Waals surface area contributed by atoms with Crippen LogP contribution < -0.4 is 5.73 Å². The minimum Gasteiger partial charge on any atom is -0.393 e. The molecule has 16 heavy (non-hydrogen) atoms. The molecule has 1 aromatic rings. The van der Waals surface area contributed by atoms with Crippen molar-refractivity contribution in [1.82, 2.24) is 4.98 Å². The molecule has 0 spiro atoms. The SMILES string of the molecule is Nc1ccc([C@H]2CC(=O)[C@@H](CO)O2)c(F)n1. The molecule has 3 N–H and O–H groups in total. The number of carbonyl (C=O) groups excluding carboxylic acids is 1. The minimum atomic E-state index is -0.859. The maximum Gasteiger partial charge on any atom is 0.220 e. The van der Waals surface area contributed by atoms with E-state index in [2.05, 4.69) is 4.98 Å². The van der Waals surface area contributed by atoms with Gasteiger partial charge in [-0.25, -0.2) is 4.98 Å². The summed E-state index contributed by atoms with van der Waals surface area (Å²) in [6, 6.07) is 2.88. The summed E-state index contributed by atoms with van der Waals surface area (Å²) in [7, 11) is 0. The minimum absolute atomic E-state index is 0.0493. The van der Waals surface area contributed by atoms with E-state index in [-0.39, 0.29) is 30.2 Å². The lowest BCUT2D eigenvalue weighted by molar-refractivity contribution is -0.124. The first-order valence-corrected chi connectivity index (χ1v) is 4.82. The third-order valence-electron chi connectivity index (χ3n) is 2.49. The fraction of sp³-hybridized carbons (Fsp3) is 0.400. The highest BCUT2D eigenvalue weighted by atomic mass is 19.1. The van der Waals surface area contributed by atoms with Crippen molar-refractivity contribution in [1.29, 1.82) is 0 Å². The van der Waals surface area contributed by atoms with Crippen molar-refractivity contribution in [3.63, 3.8) is 0 Å². The monoisotopic (exact) mass is 226 g/mol. The van der Waals surface area contributed by atoms with Gasteiger partial charge in [-0.3, -0.25) is 4.79 Å². The third-order valence-corrected chi connectivity index (χ3v) is 2.49. The second-order valence-corrected chi connectivity index (χ2v) is 3.58. The van der Waals surface area contributed by atoms with Crippen LogP contribution in [0.4, 0.5) is 10.2 Å². The van der Waals surface area contributed by atoms with Crippen molar-refractivity contribution in [2.45, 2.75) is 18.6 Å². The molecule has 0 unspecified atom stereocenters. The van der Waals surface area contributed by atoms with Crippen LogP contribution in [0, 0.1) is 5.95 Å². The maximum atomic E-state index is 13.4. The van der Waals surface area contributed by atoms with Crippen molar-refractivity contribution in [2.24, 2.45) is 0 Å². The van der Waals surface area contributed by atoms with Crippen molar-refractivity contribution >= 4 is 11.6 Å². The largest absolute Gasteiger partial charge is 0.393 e. The quantitative estimate of drug-likeness (QED) is 0.703. The number of nitrogens with zero attached hydrogens (tertiary/aromatic N) is 1. The molecule has 5 nitrogen and oxygen atoms in total. The number of aliphatic hydroxyl groups is 1. The number of Topliss-reactive ketones (excluding diaryl/α,β-unsaturated/α-hetero) is 1. The number of ether oxygens (including phenoxy) is 1. The first-order valence-electron chi connectivity index (χ1n) is 4.82. The number of aromatic nitrogens is 1. The van der Waals surface area contributed by atoms with Crippen LogP contribution in [0.1, 0.15) is 18.1 Å². The Kier molecular flexibility index (Phi) is 2.84. The van der Waals surface area contributed by atoms with Gasteiger partial charge in [0.25, 0.3) is 0 Å². The normalized spacial score (nSPS) is 25.0. The van der Waals surface area contributed by atoms with Gasteiger partial charge in [-0.05, 0) is 12.1 Å². The number of nitrogen functional groups attached to an aromatic ring is 1. The van der Waals surface area contributed by atoms with Crippen molar-refractivity contribution in [2.75, 3.05) is 12.3 Å². The standard InChI is InChI=1S/C10H11FN2O3/c11-10-5(1-2-9(12)13-10)7-3-6(15)8(4-14)16-7/h1-2,7-8,14H,3-4H2,(H2,12,13)/t7-,8-/m1/s1. The zero-order valence-corrected chi connectivity index (χ0v) is 8.39. The molecule has 1 aromatic heterocycles. The van der Waals surface area contributed by atoms with Crippen LogP contribution in [0.2, 0.25) is 0 Å². The average molecular weight is 226 g/mol. The Morgan fingerprint density at radius 1 is 1.62 bits per heavy atom. The van der Waals surface area contributed by atoms with E-state index in [1.54, 1.807) is 0 Å². The van der Waals surface area contributed by atoms with Crippen LogP contribution >= 0.6 is 0 Å². The van der Waals surface area contributed by atoms with Gasteiger partial charge in [0.2, 0.25) is 5.95 Å². The van der Waals surface area contributed by atoms with Crippen LogP contribution in [0.5, 0.6) is 0 Å². The molecule has 0 saturated carbocycles. The van der Waals surface area contributed by atoms with E-state index in [1.807, 2.05) is 0 Å². The van der Waals surface area contributed by atoms with E-state index in [0.29, 0.717) is 0 Å². The summed E-state index contributed by atoms with van der Waals surface area (Å²) in [5, 5.41) is 8.84. The van der Waals surface area contributed by atoms with E-state index in [9.17, 15) is 9.18 Å². The Morgan fingerprint density at radius 2 is 2.38 bits per heavy atom. The Bertz CT molecular complexity index is 425. The van der Waals surface area contributed by atoms with Crippen molar-refractivity contribution in [3.05, 3.63) is 23.6 Å². The lowest BCUT2D eigenvalue weighted by Crippen LogP contribution is -2.19. The topological polar surface area (TPSA) is 85.4 Å². The number of halogens is 1. The molecule has 86 valence electrons. The summed E-state index contributed by atoms with van der Waals surface area (Å²) in [5.74, 6) is -0.899. The summed E-state index contributed by atoms with van der Waals surface area (Å²) in [6.07, 6.45) is -1.49. The van der Waals surface area contributed by atoms with Crippen LogP contribution in [0.15, 0.2) is 12.1 Å². The lowest BCUT2D eigenvalue weighted by Gasteiger charge is -2.11. The van der Waals surface area contributed by atoms with Gasteiger partial charge in [-0.15, -0.1) is 0 Å². The summed E-state index contributed by atoms with van der Waals surface area (Å²) in [5.41, 5.74) is 5.50. The third kappa shape index (κ3) is 1.89. The summed E-state index contributed by atoms with van der Waals surface area (Å²) >= 11 is 0. The fourth-order valence-electron chi connectivity index (χ4n) is 1.66. The predicted octanol–water partition coefficient (Wildman–Crippen LogP) is 0.194. The van der Waals surface area contributed by atoms with E-state index in [1.165, 1.54) is 12.1 Å². The molecule has 2 rings (SSSR count). The molecule has 0 amide bonds. The van der Waals surface area contributed by atoms with Gasteiger partial charge in [0.1, 0.15) is 11.9 Å². The van der Waals surface area contributed by atoms with Crippen LogP contribution in [0.3, 0.4) is 0 Å². The Balaban J connectivity index is 2.23. The zero-order chi connectivity index (χ0) is 11.7. The number of rotatable bonds is 2. The molecule has 1 aliphatic rings. The zero-order valence-electron chi connectivity index (χ0n) is 8.39. The number of anilines is 1. The molecule has 0 aromatic carbocycles. The van der Waals surface area contributed by atoms with E-state index < -0.39 is 18.2 Å². The number of nitrogens with two attached hydrogens (primary N) is 1. The Hall–Kier alpha value is -1.53. The second-order valence-electron chi connectivity index (χ2n) is 3.58. The molecule has 1 fully saturated rings. The van der Waals surface area contributed by atoms with Gasteiger partial charge in [-0.2, -0.15) is 4.39 Å². The molecule has 1 aliphatic heterocycles. The summed E-state index contributed by atoms with van der Waals surface area (Å²) < 4.78 is 18.6. The lowest BCUT2D eigenvalue weighted by atomic mass is 10.1. The molecule has 0 radical (unpaired) electrons. The summed E-state index contributed by atoms with van der Waals surface area (Å²) in [6.45, 7) is -0.390. The molecule has 6 heteroatoms. The van der Waals surface area contributed by atoms with Crippen molar-refractivity contribution in [3.8, 4) is 0 Å². The van der Waals surface area contributed by atoms with Gasteiger partial charge in [0.05, 0.1) is 12.7 Å². The molecule has 0 bridgehead atoms. The highest BCUT2D eigenvalue weighted by Gasteiger charge is 2.35. The van der Waals surface area contributed by atoms with Crippen LogP contribution in [-0.4, -0.2) is 28.6 Å². The first kappa shape index (κ1) is 11.0. The first-order chi connectivity index (χ1) is 7.61.